The normalized spacial score (nSPS) is 11.8. The van der Waals surface area contributed by atoms with E-state index in [1.807, 2.05) is 30.3 Å². The minimum Gasteiger partial charge on any atom is -0.497 e. The molecular weight excluding hydrogens is 394 g/mol. The largest absolute Gasteiger partial charge is 0.497 e. The fourth-order valence-electron chi connectivity index (χ4n) is 2.29. The molecule has 28 heavy (non-hydrogen) atoms. The molecule has 0 radical (unpaired) electrons. The second-order valence-electron chi connectivity index (χ2n) is 5.89. The van der Waals surface area contributed by atoms with E-state index in [1.165, 1.54) is 33.8 Å². The Morgan fingerprint density at radius 2 is 1.82 bits per heavy atom. The van der Waals surface area contributed by atoms with Gasteiger partial charge in [-0.05, 0) is 36.8 Å². The van der Waals surface area contributed by atoms with Gasteiger partial charge < -0.3 is 15.9 Å². The van der Waals surface area contributed by atoms with Gasteiger partial charge in [-0.15, -0.1) is 10.2 Å². The van der Waals surface area contributed by atoms with Crippen molar-refractivity contribution in [1.29, 1.82) is 0 Å². The van der Waals surface area contributed by atoms with Gasteiger partial charge in [0.05, 0.1) is 12.4 Å². The zero-order chi connectivity index (χ0) is 19.9. The quantitative estimate of drug-likeness (QED) is 0.430. The van der Waals surface area contributed by atoms with E-state index in [9.17, 15) is 4.79 Å². The van der Waals surface area contributed by atoms with E-state index in [4.69, 9.17) is 10.6 Å². The lowest BCUT2D eigenvalue weighted by Gasteiger charge is -2.12. The van der Waals surface area contributed by atoms with Crippen LogP contribution in [0.3, 0.4) is 0 Å². The average Bonchev–Trinajstić information content (AvgIpc) is 3.07. The molecule has 0 bridgehead atoms. The van der Waals surface area contributed by atoms with Crippen LogP contribution < -0.4 is 15.9 Å². The van der Waals surface area contributed by atoms with E-state index in [0.717, 1.165) is 11.5 Å². The first-order valence-electron chi connectivity index (χ1n) is 8.55. The molecule has 2 aromatic carbocycles. The third-order valence-electron chi connectivity index (χ3n) is 3.85. The van der Waals surface area contributed by atoms with E-state index in [0.29, 0.717) is 16.0 Å². The molecule has 0 fully saturated rings. The lowest BCUT2D eigenvalue weighted by molar-refractivity contribution is -0.115. The van der Waals surface area contributed by atoms with Gasteiger partial charge in [0.25, 0.3) is 0 Å². The molecule has 0 aliphatic heterocycles. The summed E-state index contributed by atoms with van der Waals surface area (Å²) in [6, 6.07) is 17.2. The molecule has 3 rings (SSSR count). The molecule has 1 amide bonds. The summed E-state index contributed by atoms with van der Waals surface area (Å²) >= 11 is 2.76. The van der Waals surface area contributed by atoms with E-state index in [1.54, 1.807) is 38.3 Å². The van der Waals surface area contributed by atoms with Crippen LogP contribution in [0.4, 0.5) is 5.69 Å². The van der Waals surface area contributed by atoms with Crippen molar-refractivity contribution in [2.75, 3.05) is 18.3 Å². The number of anilines is 1. The van der Waals surface area contributed by atoms with Crippen molar-refractivity contribution in [2.24, 2.45) is 0 Å². The molecule has 3 N–H and O–H groups in total. The number of carbonyl (C=O) groups excluding carboxylic acids is 1. The van der Waals surface area contributed by atoms with Crippen molar-refractivity contribution >= 4 is 35.1 Å². The first-order chi connectivity index (χ1) is 13.6. The molecule has 0 saturated heterocycles. The standard InChI is InChI=1S/C19H21N5O2S2/c1-13(17(25)21-15-8-10-16(26-2)11-9-15)28-19-23-22-18(24(19)20)27-12-14-6-4-3-5-7-14/h3-11,13H,12,20H2,1-2H3,(H,21,25)/t13-/m1/s1. The van der Waals surface area contributed by atoms with Gasteiger partial charge in [-0.1, -0.05) is 53.9 Å². The average molecular weight is 416 g/mol. The molecule has 1 atom stereocenters. The Kier molecular flexibility index (Phi) is 6.83. The first-order valence-corrected chi connectivity index (χ1v) is 10.4. The van der Waals surface area contributed by atoms with Crippen LogP contribution in [0.5, 0.6) is 5.75 Å². The number of ether oxygens (including phenoxy) is 1. The van der Waals surface area contributed by atoms with E-state index in [2.05, 4.69) is 15.5 Å². The molecule has 0 aliphatic rings. The number of hydrogen-bond donors (Lipinski definition) is 2. The Bertz CT molecular complexity index is 916. The van der Waals surface area contributed by atoms with Crippen molar-refractivity contribution < 1.29 is 9.53 Å². The smallest absolute Gasteiger partial charge is 0.237 e. The van der Waals surface area contributed by atoms with Gasteiger partial charge in [-0.25, -0.2) is 4.68 Å². The van der Waals surface area contributed by atoms with Crippen LogP contribution in [-0.4, -0.2) is 33.1 Å². The summed E-state index contributed by atoms with van der Waals surface area (Å²) in [5.74, 6) is 7.44. The SMILES string of the molecule is COc1ccc(NC(=O)[C@@H](C)Sc2nnc(SCc3ccccc3)n2N)cc1. The zero-order valence-electron chi connectivity index (χ0n) is 15.5. The maximum atomic E-state index is 12.4. The van der Waals surface area contributed by atoms with Crippen LogP contribution in [0, 0.1) is 0 Å². The highest BCUT2D eigenvalue weighted by atomic mass is 32.2. The van der Waals surface area contributed by atoms with Crippen molar-refractivity contribution in [1.82, 2.24) is 14.9 Å². The Hall–Kier alpha value is -2.65. The number of nitrogen functional groups attached to an aromatic ring is 1. The van der Waals surface area contributed by atoms with Gasteiger partial charge in [0.2, 0.25) is 16.2 Å². The molecule has 0 unspecified atom stereocenters. The molecule has 1 heterocycles. The summed E-state index contributed by atoms with van der Waals surface area (Å²) in [6.07, 6.45) is 0. The monoisotopic (exact) mass is 415 g/mol. The first kappa shape index (κ1) is 20.1. The minimum atomic E-state index is -0.388. The molecule has 0 saturated carbocycles. The summed E-state index contributed by atoms with van der Waals surface area (Å²) in [5.41, 5.74) is 1.88. The maximum Gasteiger partial charge on any atom is 0.237 e. The van der Waals surface area contributed by atoms with Gasteiger partial charge in [0, 0.05) is 11.4 Å². The number of thioether (sulfide) groups is 2. The zero-order valence-corrected chi connectivity index (χ0v) is 17.2. The number of nitrogens with one attached hydrogen (secondary N) is 1. The number of rotatable bonds is 8. The van der Waals surface area contributed by atoms with Crippen LogP contribution in [0.25, 0.3) is 0 Å². The lowest BCUT2D eigenvalue weighted by Crippen LogP contribution is -2.23. The molecule has 9 heteroatoms. The second-order valence-corrected chi connectivity index (χ2v) is 8.14. The number of carbonyl (C=O) groups is 1. The summed E-state index contributed by atoms with van der Waals surface area (Å²) in [7, 11) is 1.60. The van der Waals surface area contributed by atoms with Gasteiger partial charge in [-0.3, -0.25) is 4.79 Å². The van der Waals surface area contributed by atoms with Crippen LogP contribution in [0.1, 0.15) is 12.5 Å². The second kappa shape index (κ2) is 9.52. The molecule has 7 nitrogen and oxygen atoms in total. The van der Waals surface area contributed by atoms with E-state index >= 15 is 0 Å². The number of methoxy groups -OCH3 is 1. The van der Waals surface area contributed by atoms with Crippen molar-refractivity contribution in [3.8, 4) is 5.75 Å². The minimum absolute atomic E-state index is 0.142. The van der Waals surface area contributed by atoms with Crippen LogP contribution in [0.2, 0.25) is 0 Å². The van der Waals surface area contributed by atoms with Gasteiger partial charge >= 0.3 is 0 Å². The Morgan fingerprint density at radius 1 is 1.14 bits per heavy atom. The summed E-state index contributed by atoms with van der Waals surface area (Å²) < 4.78 is 6.54. The molecule has 0 aliphatic carbocycles. The molecule has 1 aromatic heterocycles. The molecule has 146 valence electrons. The third-order valence-corrected chi connectivity index (χ3v) is 5.92. The Morgan fingerprint density at radius 3 is 2.50 bits per heavy atom. The third kappa shape index (κ3) is 5.20. The highest BCUT2D eigenvalue weighted by Gasteiger charge is 2.19. The van der Waals surface area contributed by atoms with E-state index < -0.39 is 0 Å². The van der Waals surface area contributed by atoms with Crippen molar-refractivity contribution in [3.05, 3.63) is 60.2 Å². The summed E-state index contributed by atoms with van der Waals surface area (Å²) in [4.78, 5) is 12.4. The van der Waals surface area contributed by atoms with E-state index in [-0.39, 0.29) is 11.2 Å². The number of amides is 1. The number of hydrogen-bond acceptors (Lipinski definition) is 7. The molecular formula is C19H21N5O2S2. The molecule has 0 spiro atoms. The number of nitrogens with zero attached hydrogens (tertiary/aromatic N) is 3. The summed E-state index contributed by atoms with van der Waals surface area (Å²) in [5, 5.41) is 11.8. The topological polar surface area (TPSA) is 95.1 Å². The Balaban J connectivity index is 1.56. The van der Waals surface area contributed by atoms with Crippen molar-refractivity contribution in [2.45, 2.75) is 28.2 Å². The predicted molar refractivity (Wildman–Crippen MR) is 113 cm³/mol. The van der Waals surface area contributed by atoms with Gasteiger partial charge in [-0.2, -0.15) is 0 Å². The fraction of sp³-hybridized carbons (Fsp3) is 0.211. The highest BCUT2D eigenvalue weighted by Crippen LogP contribution is 2.27. The number of benzene rings is 2. The number of nitrogens with two attached hydrogens (primary N) is 1. The Labute approximate surface area is 172 Å². The molecule has 3 aromatic rings. The predicted octanol–water partition coefficient (Wildman–Crippen LogP) is 3.41. The van der Waals surface area contributed by atoms with Crippen LogP contribution >= 0.6 is 23.5 Å². The van der Waals surface area contributed by atoms with Crippen molar-refractivity contribution in [3.63, 3.8) is 0 Å². The van der Waals surface area contributed by atoms with Crippen LogP contribution in [0.15, 0.2) is 64.9 Å². The fourth-order valence-corrected chi connectivity index (χ4v) is 3.93. The lowest BCUT2D eigenvalue weighted by atomic mass is 10.2. The van der Waals surface area contributed by atoms with Gasteiger partial charge in [0.1, 0.15) is 5.75 Å². The number of aromatic nitrogens is 3. The summed E-state index contributed by atoms with van der Waals surface area (Å²) in [6.45, 7) is 1.80. The van der Waals surface area contributed by atoms with Gasteiger partial charge in [0.15, 0.2) is 0 Å². The highest BCUT2D eigenvalue weighted by molar-refractivity contribution is 8.00. The van der Waals surface area contributed by atoms with Crippen LogP contribution in [-0.2, 0) is 10.5 Å². The maximum absolute atomic E-state index is 12.4.